The van der Waals surface area contributed by atoms with Crippen LogP contribution in [0.3, 0.4) is 0 Å². The van der Waals surface area contributed by atoms with E-state index >= 15 is 0 Å². The highest BCUT2D eigenvalue weighted by Gasteiger charge is 2.43. The van der Waals surface area contributed by atoms with E-state index in [1.807, 2.05) is 0 Å². The number of aliphatic carboxylic acids is 1. The van der Waals surface area contributed by atoms with Crippen molar-refractivity contribution in [3.63, 3.8) is 0 Å². The van der Waals surface area contributed by atoms with Crippen LogP contribution in [0.5, 0.6) is 5.75 Å². The molecule has 1 aliphatic carbocycles. The second kappa shape index (κ2) is 10.1. The van der Waals surface area contributed by atoms with E-state index in [0.717, 1.165) is 0 Å². The molecular formula is C25H27F6NO4. The van der Waals surface area contributed by atoms with Crippen molar-refractivity contribution >= 4 is 16.7 Å². The maximum atomic E-state index is 14.1. The third-order valence-corrected chi connectivity index (χ3v) is 7.02. The Morgan fingerprint density at radius 3 is 2.31 bits per heavy atom. The molecule has 4 rings (SSSR count). The summed E-state index contributed by atoms with van der Waals surface area (Å²) in [5.41, 5.74) is -0.308. The number of carbonyl (C=O) groups is 1. The minimum Gasteiger partial charge on any atom is -0.490 e. The van der Waals surface area contributed by atoms with E-state index in [1.54, 1.807) is 11.0 Å². The minimum absolute atomic E-state index is 0.0253. The zero-order chi connectivity index (χ0) is 26.3. The predicted octanol–water partition coefficient (Wildman–Crippen LogP) is 5.63. The Morgan fingerprint density at radius 2 is 1.69 bits per heavy atom. The third kappa shape index (κ3) is 6.05. The summed E-state index contributed by atoms with van der Waals surface area (Å²) >= 11 is 0. The number of aliphatic hydroxyl groups excluding tert-OH is 1. The van der Waals surface area contributed by atoms with E-state index in [9.17, 15) is 41.4 Å². The standard InChI is InChI=1S/C25H27F6NO4/c26-24(27,28)17-3-5-19(6-4-17)36-21-8-2-15-9-14(1-7-20(15)22(21)25(29,30)31)11-32-12-16(23(34)35)10-18(33)13-32/h1-2,7-9,16-19,33H,3-6,10-13H2,(H,34,35)/t16?,17-,18?,19+. The first-order valence-corrected chi connectivity index (χ1v) is 11.8. The molecule has 0 amide bonds. The Balaban J connectivity index is 1.54. The average molecular weight is 519 g/mol. The molecule has 11 heteroatoms. The molecule has 1 saturated heterocycles. The Morgan fingerprint density at radius 1 is 1.00 bits per heavy atom. The summed E-state index contributed by atoms with van der Waals surface area (Å²) in [5.74, 6) is -3.59. The first-order valence-electron chi connectivity index (χ1n) is 11.8. The van der Waals surface area contributed by atoms with Crippen molar-refractivity contribution in [2.75, 3.05) is 13.1 Å². The van der Waals surface area contributed by atoms with Gasteiger partial charge in [-0.1, -0.05) is 18.2 Å². The maximum absolute atomic E-state index is 14.1. The molecule has 5 nitrogen and oxygen atoms in total. The summed E-state index contributed by atoms with van der Waals surface area (Å²) in [5, 5.41) is 19.5. The molecule has 2 atom stereocenters. The van der Waals surface area contributed by atoms with Gasteiger partial charge in [0.15, 0.2) is 0 Å². The smallest absolute Gasteiger partial charge is 0.420 e. The van der Waals surface area contributed by atoms with E-state index in [-0.39, 0.29) is 57.1 Å². The van der Waals surface area contributed by atoms with Crippen LogP contribution in [0.4, 0.5) is 26.3 Å². The summed E-state index contributed by atoms with van der Waals surface area (Å²) < 4.78 is 86.5. The molecule has 2 aliphatic rings. The number of aliphatic hydroxyl groups is 1. The highest BCUT2D eigenvalue weighted by molar-refractivity contribution is 5.89. The van der Waals surface area contributed by atoms with Crippen LogP contribution in [0.25, 0.3) is 10.8 Å². The Bertz CT molecular complexity index is 1090. The average Bonchev–Trinajstić information content (AvgIpc) is 2.77. The fraction of sp³-hybridized carbons (Fsp3) is 0.560. The lowest BCUT2D eigenvalue weighted by atomic mass is 9.87. The quantitative estimate of drug-likeness (QED) is 0.502. The van der Waals surface area contributed by atoms with E-state index in [2.05, 4.69) is 0 Å². The highest BCUT2D eigenvalue weighted by Crippen LogP contribution is 2.44. The minimum atomic E-state index is -4.74. The van der Waals surface area contributed by atoms with Crippen LogP contribution in [0.1, 0.15) is 43.2 Å². The fourth-order valence-electron chi connectivity index (χ4n) is 5.26. The number of carboxylic acid groups (broad SMARTS) is 1. The van der Waals surface area contributed by atoms with Gasteiger partial charge in [-0.15, -0.1) is 0 Å². The summed E-state index contributed by atoms with van der Waals surface area (Å²) in [6.07, 6.45) is -10.7. The van der Waals surface area contributed by atoms with Crippen molar-refractivity contribution in [3.8, 4) is 5.75 Å². The Kier molecular flexibility index (Phi) is 7.43. The van der Waals surface area contributed by atoms with Gasteiger partial charge in [0.1, 0.15) is 11.3 Å². The molecule has 2 fully saturated rings. The van der Waals surface area contributed by atoms with Crippen LogP contribution >= 0.6 is 0 Å². The van der Waals surface area contributed by atoms with Gasteiger partial charge in [0, 0.05) is 19.6 Å². The number of hydrogen-bond donors (Lipinski definition) is 2. The summed E-state index contributed by atoms with van der Waals surface area (Å²) in [7, 11) is 0. The Labute approximate surface area is 203 Å². The number of hydrogen-bond acceptors (Lipinski definition) is 4. The molecule has 2 aromatic rings. The number of β-amino-alcohol motifs (C(OH)–C–C–N with tert-alkyl or cyclic N) is 1. The van der Waals surface area contributed by atoms with Crippen molar-refractivity contribution in [2.24, 2.45) is 11.8 Å². The third-order valence-electron chi connectivity index (χ3n) is 7.02. The zero-order valence-corrected chi connectivity index (χ0v) is 19.3. The number of benzene rings is 2. The van der Waals surface area contributed by atoms with Crippen molar-refractivity contribution in [1.29, 1.82) is 0 Å². The lowest BCUT2D eigenvalue weighted by Crippen LogP contribution is -2.45. The van der Waals surface area contributed by atoms with Gasteiger partial charge in [0.05, 0.1) is 24.0 Å². The molecule has 2 N–H and O–H groups in total. The number of likely N-dealkylation sites (tertiary alicyclic amines) is 1. The maximum Gasteiger partial charge on any atom is 0.420 e. The Hall–Kier alpha value is -2.53. The monoisotopic (exact) mass is 519 g/mol. The topological polar surface area (TPSA) is 70.0 Å². The molecule has 0 aromatic heterocycles. The first kappa shape index (κ1) is 26.5. The number of fused-ring (bicyclic) bond motifs is 1. The molecule has 2 aromatic carbocycles. The lowest BCUT2D eigenvalue weighted by Gasteiger charge is -2.33. The van der Waals surface area contributed by atoms with Crippen LogP contribution in [0.15, 0.2) is 30.3 Å². The largest absolute Gasteiger partial charge is 0.490 e. The van der Waals surface area contributed by atoms with E-state index in [0.29, 0.717) is 10.9 Å². The fourth-order valence-corrected chi connectivity index (χ4v) is 5.26. The van der Waals surface area contributed by atoms with Crippen molar-refractivity contribution in [1.82, 2.24) is 4.90 Å². The molecule has 36 heavy (non-hydrogen) atoms. The van der Waals surface area contributed by atoms with Crippen LogP contribution in [0.2, 0.25) is 0 Å². The zero-order valence-electron chi connectivity index (χ0n) is 19.3. The number of halogens is 6. The molecule has 1 heterocycles. The van der Waals surface area contributed by atoms with Crippen LogP contribution in [-0.4, -0.2) is 52.6 Å². The van der Waals surface area contributed by atoms with Crippen LogP contribution in [-0.2, 0) is 17.5 Å². The number of rotatable bonds is 5. The molecule has 0 spiro atoms. The molecular weight excluding hydrogens is 492 g/mol. The number of carboxylic acids is 1. The number of piperidine rings is 1. The number of ether oxygens (including phenoxy) is 1. The molecule has 1 saturated carbocycles. The molecule has 0 bridgehead atoms. The van der Waals surface area contributed by atoms with Crippen LogP contribution in [0, 0.1) is 11.8 Å². The van der Waals surface area contributed by atoms with Gasteiger partial charge >= 0.3 is 18.3 Å². The predicted molar refractivity (Wildman–Crippen MR) is 118 cm³/mol. The van der Waals surface area contributed by atoms with E-state index < -0.39 is 53.7 Å². The van der Waals surface area contributed by atoms with Crippen molar-refractivity contribution in [3.05, 3.63) is 41.5 Å². The first-order chi connectivity index (χ1) is 16.8. The molecule has 198 valence electrons. The SMILES string of the molecule is O=C(O)C1CC(O)CN(Cc2ccc3c(C(F)(F)F)c(O[C@H]4CC[C@@H](C(F)(F)F)CC4)ccc3c2)C1. The summed E-state index contributed by atoms with van der Waals surface area (Å²) in [6, 6.07) is 7.12. The molecule has 0 radical (unpaired) electrons. The highest BCUT2D eigenvalue weighted by atomic mass is 19.4. The van der Waals surface area contributed by atoms with E-state index in [4.69, 9.17) is 4.74 Å². The van der Waals surface area contributed by atoms with E-state index in [1.165, 1.54) is 24.3 Å². The molecule has 1 aliphatic heterocycles. The van der Waals surface area contributed by atoms with Gasteiger partial charge in [-0.05, 0) is 60.6 Å². The summed E-state index contributed by atoms with van der Waals surface area (Å²) in [4.78, 5) is 13.1. The van der Waals surface area contributed by atoms with Gasteiger partial charge < -0.3 is 14.9 Å². The summed E-state index contributed by atoms with van der Waals surface area (Å²) in [6.45, 7) is 0.749. The second-order valence-electron chi connectivity index (χ2n) is 9.74. The van der Waals surface area contributed by atoms with Gasteiger partial charge in [-0.25, -0.2) is 0 Å². The molecule has 2 unspecified atom stereocenters. The van der Waals surface area contributed by atoms with Crippen LogP contribution < -0.4 is 4.74 Å². The van der Waals surface area contributed by atoms with Gasteiger partial charge in [0.25, 0.3) is 0 Å². The second-order valence-corrected chi connectivity index (χ2v) is 9.74. The van der Waals surface area contributed by atoms with Gasteiger partial charge in [-0.3, -0.25) is 9.69 Å². The van der Waals surface area contributed by atoms with Gasteiger partial charge in [-0.2, -0.15) is 26.3 Å². The lowest BCUT2D eigenvalue weighted by molar-refractivity contribution is -0.185. The number of nitrogens with zero attached hydrogens (tertiary/aromatic N) is 1. The normalized spacial score (nSPS) is 26.2. The van der Waals surface area contributed by atoms with Crippen molar-refractivity contribution < 1.29 is 46.1 Å². The van der Waals surface area contributed by atoms with Crippen molar-refractivity contribution in [2.45, 2.75) is 63.2 Å². The van der Waals surface area contributed by atoms with Gasteiger partial charge in [0.2, 0.25) is 0 Å². The number of alkyl halides is 6.